The molecular formula is C8H13ClN4O. The molecule has 0 spiro atoms. The average molecular weight is 217 g/mol. The van der Waals surface area contributed by atoms with Crippen molar-refractivity contribution in [1.29, 1.82) is 0 Å². The average Bonchev–Trinajstić information content (AvgIpc) is 2.09. The van der Waals surface area contributed by atoms with Gasteiger partial charge in [-0.25, -0.2) is 9.97 Å². The van der Waals surface area contributed by atoms with Crippen molar-refractivity contribution < 1.29 is 4.74 Å². The third kappa shape index (κ3) is 3.01. The molecule has 0 bridgehead atoms. The highest BCUT2D eigenvalue weighted by Gasteiger charge is 2.07. The van der Waals surface area contributed by atoms with Crippen molar-refractivity contribution in [2.45, 2.75) is 0 Å². The van der Waals surface area contributed by atoms with Crippen molar-refractivity contribution in [3.63, 3.8) is 0 Å². The number of aromatic nitrogens is 2. The predicted octanol–water partition coefficient (Wildman–Crippen LogP) is 0.653. The zero-order chi connectivity index (χ0) is 10.6. The summed E-state index contributed by atoms with van der Waals surface area (Å²) >= 11 is 5.78. The first-order valence-electron chi connectivity index (χ1n) is 4.14. The highest BCUT2D eigenvalue weighted by Crippen LogP contribution is 2.25. The van der Waals surface area contributed by atoms with Crippen molar-refractivity contribution >= 4 is 17.4 Å². The van der Waals surface area contributed by atoms with Crippen LogP contribution < -0.4 is 10.5 Å². The van der Waals surface area contributed by atoms with E-state index in [0.717, 1.165) is 6.54 Å². The number of nitrogens with two attached hydrogens (primary N) is 1. The third-order valence-corrected chi connectivity index (χ3v) is 1.84. The van der Waals surface area contributed by atoms with Crippen LogP contribution in [0.25, 0.3) is 0 Å². The molecule has 14 heavy (non-hydrogen) atoms. The van der Waals surface area contributed by atoms with Crippen LogP contribution in [0.3, 0.4) is 0 Å². The zero-order valence-electron chi connectivity index (χ0n) is 8.20. The smallest absolute Gasteiger partial charge is 0.199 e. The molecule has 0 aliphatic heterocycles. The Bertz CT molecular complexity index is 285. The van der Waals surface area contributed by atoms with Gasteiger partial charge < -0.3 is 15.4 Å². The maximum atomic E-state index is 5.78. The van der Waals surface area contributed by atoms with Crippen molar-refractivity contribution in [2.75, 3.05) is 33.0 Å². The molecule has 1 rings (SSSR count). The summed E-state index contributed by atoms with van der Waals surface area (Å²) in [7, 11) is 3.91. The highest BCUT2D eigenvalue weighted by atomic mass is 35.5. The van der Waals surface area contributed by atoms with E-state index in [1.807, 2.05) is 19.0 Å². The second-order valence-electron chi connectivity index (χ2n) is 3.03. The Morgan fingerprint density at radius 3 is 2.79 bits per heavy atom. The molecule has 1 aromatic heterocycles. The van der Waals surface area contributed by atoms with Crippen molar-refractivity contribution in [3.05, 3.63) is 11.5 Å². The molecule has 1 heterocycles. The van der Waals surface area contributed by atoms with Crippen LogP contribution in [0.15, 0.2) is 6.33 Å². The largest absolute Gasteiger partial charge is 0.486 e. The minimum Gasteiger partial charge on any atom is -0.486 e. The lowest BCUT2D eigenvalue weighted by Crippen LogP contribution is -2.20. The van der Waals surface area contributed by atoms with E-state index >= 15 is 0 Å². The molecule has 0 amide bonds. The second kappa shape index (κ2) is 4.97. The van der Waals surface area contributed by atoms with E-state index in [2.05, 4.69) is 9.97 Å². The van der Waals surface area contributed by atoms with E-state index in [1.165, 1.54) is 6.33 Å². The van der Waals surface area contributed by atoms with Crippen LogP contribution in [0.2, 0.25) is 5.15 Å². The lowest BCUT2D eigenvalue weighted by atomic mass is 10.5. The van der Waals surface area contributed by atoms with E-state index < -0.39 is 0 Å². The van der Waals surface area contributed by atoms with Gasteiger partial charge in [0.1, 0.15) is 12.9 Å². The van der Waals surface area contributed by atoms with Crippen molar-refractivity contribution in [1.82, 2.24) is 14.9 Å². The first kappa shape index (κ1) is 11.0. The number of nitrogens with zero attached hydrogens (tertiary/aromatic N) is 3. The van der Waals surface area contributed by atoms with E-state index in [1.54, 1.807) is 0 Å². The maximum absolute atomic E-state index is 5.78. The Morgan fingerprint density at radius 2 is 2.21 bits per heavy atom. The number of likely N-dealkylation sites (N-methyl/N-ethyl adjacent to an activating group) is 1. The first-order chi connectivity index (χ1) is 6.61. The Labute approximate surface area is 87.8 Å². The molecule has 78 valence electrons. The summed E-state index contributed by atoms with van der Waals surface area (Å²) in [5.41, 5.74) is 5.56. The summed E-state index contributed by atoms with van der Waals surface area (Å²) in [4.78, 5) is 9.55. The molecule has 0 aliphatic carbocycles. The second-order valence-corrected chi connectivity index (χ2v) is 3.39. The fourth-order valence-electron chi connectivity index (χ4n) is 0.828. The molecule has 0 saturated carbocycles. The summed E-state index contributed by atoms with van der Waals surface area (Å²) in [6.45, 7) is 1.29. The fraction of sp³-hybridized carbons (Fsp3) is 0.500. The number of anilines is 1. The van der Waals surface area contributed by atoms with Gasteiger partial charge in [-0.2, -0.15) is 0 Å². The summed E-state index contributed by atoms with van der Waals surface area (Å²) in [6.07, 6.45) is 1.30. The Morgan fingerprint density at radius 1 is 1.50 bits per heavy atom. The fourth-order valence-corrected chi connectivity index (χ4v) is 1.02. The SMILES string of the molecule is CN(C)CCOc1c(N)ncnc1Cl. The minimum atomic E-state index is 0.247. The maximum Gasteiger partial charge on any atom is 0.199 e. The summed E-state index contributed by atoms with van der Waals surface area (Å²) in [6, 6.07) is 0. The minimum absolute atomic E-state index is 0.247. The van der Waals surface area contributed by atoms with E-state index in [4.69, 9.17) is 22.1 Å². The molecule has 0 saturated heterocycles. The molecule has 0 atom stereocenters. The van der Waals surface area contributed by atoms with Gasteiger partial charge in [0.25, 0.3) is 0 Å². The summed E-state index contributed by atoms with van der Waals surface area (Å²) < 4.78 is 5.35. The molecule has 0 unspecified atom stereocenters. The molecule has 0 aromatic carbocycles. The molecular weight excluding hydrogens is 204 g/mol. The summed E-state index contributed by atoms with van der Waals surface area (Å²) in [5, 5.41) is 0.247. The first-order valence-corrected chi connectivity index (χ1v) is 4.52. The molecule has 1 aromatic rings. The van der Waals surface area contributed by atoms with Crippen LogP contribution in [0.1, 0.15) is 0 Å². The van der Waals surface area contributed by atoms with Crippen LogP contribution in [-0.2, 0) is 0 Å². The number of hydrogen-bond donors (Lipinski definition) is 1. The van der Waals surface area contributed by atoms with E-state index in [9.17, 15) is 0 Å². The predicted molar refractivity (Wildman–Crippen MR) is 55.5 cm³/mol. The number of ether oxygens (including phenoxy) is 1. The molecule has 2 N–H and O–H groups in total. The van der Waals surface area contributed by atoms with Gasteiger partial charge >= 0.3 is 0 Å². The number of halogens is 1. The van der Waals surface area contributed by atoms with Gasteiger partial charge in [-0.3, -0.25) is 0 Å². The van der Waals surface area contributed by atoms with Crippen molar-refractivity contribution in [3.8, 4) is 5.75 Å². The lowest BCUT2D eigenvalue weighted by molar-refractivity contribution is 0.261. The van der Waals surface area contributed by atoms with Gasteiger partial charge in [-0.05, 0) is 14.1 Å². The van der Waals surface area contributed by atoms with Crippen LogP contribution >= 0.6 is 11.6 Å². The Hall–Kier alpha value is -1.07. The summed E-state index contributed by atoms with van der Waals surface area (Å²) in [5.74, 6) is 0.625. The molecule has 6 heteroatoms. The zero-order valence-corrected chi connectivity index (χ0v) is 8.95. The highest BCUT2D eigenvalue weighted by molar-refractivity contribution is 6.31. The topological polar surface area (TPSA) is 64.3 Å². The Balaban J connectivity index is 2.58. The van der Waals surface area contributed by atoms with Gasteiger partial charge in [0.05, 0.1) is 0 Å². The van der Waals surface area contributed by atoms with Gasteiger partial charge in [-0.15, -0.1) is 0 Å². The van der Waals surface area contributed by atoms with Crippen molar-refractivity contribution in [2.24, 2.45) is 0 Å². The van der Waals surface area contributed by atoms with E-state index in [0.29, 0.717) is 12.4 Å². The van der Waals surface area contributed by atoms with Crippen LogP contribution in [0, 0.1) is 0 Å². The third-order valence-electron chi connectivity index (χ3n) is 1.57. The number of nitrogen functional groups attached to an aromatic ring is 1. The van der Waals surface area contributed by atoms with Gasteiger partial charge in [-0.1, -0.05) is 11.6 Å². The lowest BCUT2D eigenvalue weighted by Gasteiger charge is -2.12. The monoisotopic (exact) mass is 216 g/mol. The molecule has 5 nitrogen and oxygen atoms in total. The molecule has 0 radical (unpaired) electrons. The van der Waals surface area contributed by atoms with Gasteiger partial charge in [0.2, 0.25) is 0 Å². The number of hydrogen-bond acceptors (Lipinski definition) is 5. The standard InChI is InChI=1S/C8H13ClN4O/c1-13(2)3-4-14-6-7(9)11-5-12-8(6)10/h5H,3-4H2,1-2H3,(H2,10,11,12). The molecule has 0 fully saturated rings. The van der Waals surface area contributed by atoms with Crippen LogP contribution in [-0.4, -0.2) is 42.1 Å². The van der Waals surface area contributed by atoms with Crippen LogP contribution in [0.5, 0.6) is 5.75 Å². The van der Waals surface area contributed by atoms with Crippen LogP contribution in [0.4, 0.5) is 5.82 Å². The normalized spacial score (nSPS) is 10.6. The quantitative estimate of drug-likeness (QED) is 0.749. The molecule has 0 aliphatic rings. The van der Waals surface area contributed by atoms with Gasteiger partial charge in [0, 0.05) is 6.54 Å². The number of rotatable bonds is 4. The van der Waals surface area contributed by atoms with Gasteiger partial charge in [0.15, 0.2) is 16.7 Å². The van der Waals surface area contributed by atoms with E-state index in [-0.39, 0.29) is 11.0 Å². The Kier molecular flexibility index (Phi) is 3.91.